The SMILES string of the molecule is Cl.N=C(N)Cc1ccc(Cl)cc1Cl. The molecule has 2 nitrogen and oxygen atoms in total. The Kier molecular flexibility index (Phi) is 5.14. The third kappa shape index (κ3) is 3.85. The van der Waals surface area contributed by atoms with Gasteiger partial charge in [-0.2, -0.15) is 0 Å². The van der Waals surface area contributed by atoms with E-state index in [1.54, 1.807) is 18.2 Å². The maximum atomic E-state index is 7.07. The van der Waals surface area contributed by atoms with Crippen LogP contribution in [-0.4, -0.2) is 5.84 Å². The lowest BCUT2D eigenvalue weighted by Crippen LogP contribution is -2.12. The van der Waals surface area contributed by atoms with Crippen molar-refractivity contribution in [3.05, 3.63) is 33.8 Å². The third-order valence-electron chi connectivity index (χ3n) is 1.40. The highest BCUT2D eigenvalue weighted by Crippen LogP contribution is 2.20. The third-order valence-corrected chi connectivity index (χ3v) is 1.98. The topological polar surface area (TPSA) is 49.9 Å². The van der Waals surface area contributed by atoms with Crippen LogP contribution in [0.4, 0.5) is 0 Å². The van der Waals surface area contributed by atoms with E-state index in [0.29, 0.717) is 16.5 Å². The van der Waals surface area contributed by atoms with Gasteiger partial charge >= 0.3 is 0 Å². The van der Waals surface area contributed by atoms with Crippen LogP contribution < -0.4 is 5.73 Å². The molecule has 0 saturated heterocycles. The fraction of sp³-hybridized carbons (Fsp3) is 0.125. The first-order valence-electron chi connectivity index (χ1n) is 3.36. The van der Waals surface area contributed by atoms with E-state index in [0.717, 1.165) is 5.56 Å². The number of amidine groups is 1. The molecular weight excluding hydrogens is 230 g/mol. The Labute approximate surface area is 92.9 Å². The van der Waals surface area contributed by atoms with Crippen LogP contribution in [0.25, 0.3) is 0 Å². The Morgan fingerprint density at radius 2 is 2.00 bits per heavy atom. The van der Waals surface area contributed by atoms with Gasteiger partial charge in [0.15, 0.2) is 0 Å². The van der Waals surface area contributed by atoms with Gasteiger partial charge in [0.25, 0.3) is 0 Å². The average molecular weight is 240 g/mol. The summed E-state index contributed by atoms with van der Waals surface area (Å²) in [7, 11) is 0. The first-order valence-corrected chi connectivity index (χ1v) is 4.12. The van der Waals surface area contributed by atoms with Crippen molar-refractivity contribution in [2.45, 2.75) is 6.42 Å². The van der Waals surface area contributed by atoms with Crippen molar-refractivity contribution < 1.29 is 0 Å². The molecule has 0 aliphatic heterocycles. The van der Waals surface area contributed by atoms with Gasteiger partial charge in [-0.25, -0.2) is 0 Å². The van der Waals surface area contributed by atoms with Gasteiger partial charge in [-0.3, -0.25) is 5.41 Å². The number of benzene rings is 1. The van der Waals surface area contributed by atoms with Gasteiger partial charge in [0.2, 0.25) is 0 Å². The summed E-state index contributed by atoms with van der Waals surface area (Å²) < 4.78 is 0. The minimum Gasteiger partial charge on any atom is -0.387 e. The van der Waals surface area contributed by atoms with E-state index in [9.17, 15) is 0 Å². The Bertz CT molecular complexity index is 312. The number of halogens is 3. The van der Waals surface area contributed by atoms with Gasteiger partial charge in [0, 0.05) is 16.5 Å². The Morgan fingerprint density at radius 1 is 1.38 bits per heavy atom. The summed E-state index contributed by atoms with van der Waals surface area (Å²) in [6.07, 6.45) is 0.371. The lowest BCUT2D eigenvalue weighted by molar-refractivity contribution is 1.25. The number of hydrogen-bond donors (Lipinski definition) is 2. The Morgan fingerprint density at radius 3 is 2.46 bits per heavy atom. The van der Waals surface area contributed by atoms with Crippen molar-refractivity contribution in [2.75, 3.05) is 0 Å². The molecule has 72 valence electrons. The van der Waals surface area contributed by atoms with E-state index in [4.69, 9.17) is 34.3 Å². The van der Waals surface area contributed by atoms with Gasteiger partial charge in [-0.1, -0.05) is 29.3 Å². The van der Waals surface area contributed by atoms with E-state index in [2.05, 4.69) is 0 Å². The number of nitrogens with two attached hydrogens (primary N) is 1. The van der Waals surface area contributed by atoms with Crippen molar-refractivity contribution in [1.82, 2.24) is 0 Å². The van der Waals surface area contributed by atoms with E-state index < -0.39 is 0 Å². The van der Waals surface area contributed by atoms with Crippen LogP contribution >= 0.6 is 35.6 Å². The minimum absolute atomic E-state index is 0. The second kappa shape index (κ2) is 5.32. The quantitative estimate of drug-likeness (QED) is 0.605. The van der Waals surface area contributed by atoms with E-state index >= 15 is 0 Å². The van der Waals surface area contributed by atoms with Crippen molar-refractivity contribution in [1.29, 1.82) is 5.41 Å². The Hall–Kier alpha value is -0.440. The summed E-state index contributed by atoms with van der Waals surface area (Å²) in [4.78, 5) is 0. The summed E-state index contributed by atoms with van der Waals surface area (Å²) in [5.41, 5.74) is 6.05. The molecule has 13 heavy (non-hydrogen) atoms. The highest BCUT2D eigenvalue weighted by molar-refractivity contribution is 6.35. The fourth-order valence-electron chi connectivity index (χ4n) is 0.870. The van der Waals surface area contributed by atoms with Crippen LogP contribution in [0.3, 0.4) is 0 Å². The number of hydrogen-bond acceptors (Lipinski definition) is 1. The molecule has 1 aromatic carbocycles. The molecule has 5 heteroatoms. The molecular formula is C8H9Cl3N2. The normalized spacial score (nSPS) is 9.08. The predicted molar refractivity (Wildman–Crippen MR) is 59.3 cm³/mol. The van der Waals surface area contributed by atoms with Gasteiger partial charge in [-0.15, -0.1) is 12.4 Å². The van der Waals surface area contributed by atoms with Crippen molar-refractivity contribution in [3.63, 3.8) is 0 Å². The van der Waals surface area contributed by atoms with Crippen molar-refractivity contribution >= 4 is 41.4 Å². The molecule has 3 N–H and O–H groups in total. The molecule has 0 unspecified atom stereocenters. The van der Waals surface area contributed by atoms with Gasteiger partial charge in [-0.05, 0) is 17.7 Å². The summed E-state index contributed by atoms with van der Waals surface area (Å²) in [5, 5.41) is 8.21. The largest absolute Gasteiger partial charge is 0.387 e. The van der Waals surface area contributed by atoms with Gasteiger partial charge in [0.05, 0.1) is 5.84 Å². The highest BCUT2D eigenvalue weighted by atomic mass is 35.5. The number of nitrogens with one attached hydrogen (secondary N) is 1. The zero-order chi connectivity index (χ0) is 9.14. The smallest absolute Gasteiger partial charge is 0.0950 e. The van der Waals surface area contributed by atoms with E-state index in [1.807, 2.05) is 0 Å². The molecule has 0 saturated carbocycles. The zero-order valence-electron chi connectivity index (χ0n) is 6.68. The highest BCUT2D eigenvalue weighted by Gasteiger charge is 2.01. The summed E-state index contributed by atoms with van der Waals surface area (Å²) >= 11 is 11.5. The molecule has 0 spiro atoms. The second-order valence-electron chi connectivity index (χ2n) is 2.44. The van der Waals surface area contributed by atoms with Crippen LogP contribution in [0, 0.1) is 5.41 Å². The van der Waals surface area contributed by atoms with Crippen LogP contribution in [0.2, 0.25) is 10.0 Å². The maximum Gasteiger partial charge on any atom is 0.0950 e. The monoisotopic (exact) mass is 238 g/mol. The molecule has 0 atom stereocenters. The van der Waals surface area contributed by atoms with Crippen LogP contribution in [0.5, 0.6) is 0 Å². The first kappa shape index (κ1) is 12.6. The second-order valence-corrected chi connectivity index (χ2v) is 3.28. The lowest BCUT2D eigenvalue weighted by Gasteiger charge is -2.02. The summed E-state index contributed by atoms with van der Waals surface area (Å²) in [6.45, 7) is 0. The predicted octanol–water partition coefficient (Wildman–Crippen LogP) is 2.89. The van der Waals surface area contributed by atoms with Crippen molar-refractivity contribution in [3.8, 4) is 0 Å². The molecule has 1 aromatic rings. The lowest BCUT2D eigenvalue weighted by atomic mass is 10.1. The zero-order valence-corrected chi connectivity index (χ0v) is 9.01. The molecule has 0 aliphatic carbocycles. The van der Waals surface area contributed by atoms with Gasteiger partial charge in [0.1, 0.15) is 0 Å². The molecule has 0 fully saturated rings. The maximum absolute atomic E-state index is 7.07. The molecule has 0 aliphatic rings. The first-order chi connectivity index (χ1) is 5.59. The number of rotatable bonds is 2. The molecule has 0 bridgehead atoms. The van der Waals surface area contributed by atoms with Crippen LogP contribution in [0.1, 0.15) is 5.56 Å². The fourth-order valence-corrected chi connectivity index (χ4v) is 1.35. The molecule has 0 radical (unpaired) electrons. The standard InChI is InChI=1S/C8H8Cl2N2.ClH/c9-6-2-1-5(3-8(11)12)7(10)4-6;/h1-2,4H,3H2,(H3,11,12);1H. The molecule has 0 heterocycles. The van der Waals surface area contributed by atoms with Crippen LogP contribution in [-0.2, 0) is 6.42 Å². The van der Waals surface area contributed by atoms with Crippen LogP contribution in [0.15, 0.2) is 18.2 Å². The van der Waals surface area contributed by atoms with Crippen molar-refractivity contribution in [2.24, 2.45) is 5.73 Å². The summed E-state index contributed by atoms with van der Waals surface area (Å²) in [5.74, 6) is 0.0965. The minimum atomic E-state index is 0. The molecule has 0 aromatic heterocycles. The van der Waals surface area contributed by atoms with E-state index in [1.165, 1.54) is 0 Å². The molecule has 0 amide bonds. The van der Waals surface area contributed by atoms with E-state index in [-0.39, 0.29) is 18.2 Å². The molecule has 1 rings (SSSR count). The van der Waals surface area contributed by atoms with Gasteiger partial charge < -0.3 is 5.73 Å². The average Bonchev–Trinajstić information content (AvgIpc) is 1.94. The Balaban J connectivity index is 0.00000144. The summed E-state index contributed by atoms with van der Waals surface area (Å²) in [6, 6.07) is 5.14.